The Kier molecular flexibility index (Phi) is 3.75. The van der Waals surface area contributed by atoms with Crippen LogP contribution in [0.3, 0.4) is 0 Å². The van der Waals surface area contributed by atoms with Gasteiger partial charge in [0.1, 0.15) is 0 Å². The number of rotatable bonds is 4. The molecule has 1 heterocycles. The van der Waals surface area contributed by atoms with Crippen LogP contribution in [0.25, 0.3) is 0 Å². The van der Waals surface area contributed by atoms with E-state index in [4.69, 9.17) is 28.1 Å². The van der Waals surface area contributed by atoms with E-state index in [1.807, 2.05) is 0 Å². The minimum Gasteiger partial charge on any atom is -0.450 e. The van der Waals surface area contributed by atoms with Gasteiger partial charge in [0, 0.05) is 0 Å². The minimum atomic E-state index is -0.0240. The highest BCUT2D eigenvalue weighted by molar-refractivity contribution is 5.20. The zero-order chi connectivity index (χ0) is 11.1. The SMILES string of the molecule is C#CCOc1nc(N)nc(OCC#C)n1. The van der Waals surface area contributed by atoms with Gasteiger partial charge in [-0.1, -0.05) is 11.8 Å². The number of hydrogen-bond donors (Lipinski definition) is 1. The molecule has 0 saturated heterocycles. The van der Waals surface area contributed by atoms with Gasteiger partial charge < -0.3 is 15.2 Å². The van der Waals surface area contributed by atoms with E-state index < -0.39 is 0 Å². The van der Waals surface area contributed by atoms with Gasteiger partial charge in [0.25, 0.3) is 0 Å². The number of terminal acetylenes is 2. The first-order valence-corrected chi connectivity index (χ1v) is 3.90. The average Bonchev–Trinajstić information content (AvgIpc) is 2.23. The number of aromatic nitrogens is 3. The van der Waals surface area contributed by atoms with Crippen molar-refractivity contribution in [3.8, 4) is 36.7 Å². The normalized spacial score (nSPS) is 8.67. The van der Waals surface area contributed by atoms with Crippen molar-refractivity contribution in [2.24, 2.45) is 0 Å². The summed E-state index contributed by atoms with van der Waals surface area (Å²) in [7, 11) is 0. The molecule has 0 atom stereocenters. The van der Waals surface area contributed by atoms with Crippen molar-refractivity contribution in [1.29, 1.82) is 0 Å². The summed E-state index contributed by atoms with van der Waals surface area (Å²) in [5, 5.41) is 0. The van der Waals surface area contributed by atoms with Gasteiger partial charge in [-0.2, -0.15) is 9.97 Å². The molecule has 0 fully saturated rings. The molecule has 76 valence electrons. The zero-order valence-electron chi connectivity index (χ0n) is 7.80. The number of ether oxygens (including phenoxy) is 2. The van der Waals surface area contributed by atoms with Crippen LogP contribution in [0.2, 0.25) is 0 Å². The van der Waals surface area contributed by atoms with Crippen molar-refractivity contribution in [3.63, 3.8) is 0 Å². The molecule has 15 heavy (non-hydrogen) atoms. The van der Waals surface area contributed by atoms with E-state index in [0.717, 1.165) is 0 Å². The maximum Gasteiger partial charge on any atom is 0.325 e. The van der Waals surface area contributed by atoms with Crippen molar-refractivity contribution in [2.45, 2.75) is 0 Å². The fraction of sp³-hybridized carbons (Fsp3) is 0.222. The highest BCUT2D eigenvalue weighted by Gasteiger charge is 2.05. The second-order valence-corrected chi connectivity index (χ2v) is 2.24. The van der Waals surface area contributed by atoms with Gasteiger partial charge in [-0.15, -0.1) is 17.8 Å². The molecule has 0 aliphatic heterocycles. The minimum absolute atomic E-state index is 0.00692. The summed E-state index contributed by atoms with van der Waals surface area (Å²) in [5.74, 6) is 4.50. The molecular formula is C9H8N4O2. The lowest BCUT2D eigenvalue weighted by Crippen LogP contribution is -2.07. The first kappa shape index (κ1) is 10.6. The Morgan fingerprint density at radius 1 is 1.00 bits per heavy atom. The molecule has 1 aromatic rings. The second-order valence-electron chi connectivity index (χ2n) is 2.24. The molecule has 0 unspecified atom stereocenters. The molecule has 0 aliphatic carbocycles. The Hall–Kier alpha value is -2.47. The third-order valence-electron chi connectivity index (χ3n) is 1.18. The Morgan fingerprint density at radius 2 is 1.47 bits per heavy atom. The highest BCUT2D eigenvalue weighted by atomic mass is 16.5. The first-order chi connectivity index (χ1) is 7.26. The van der Waals surface area contributed by atoms with Crippen LogP contribution < -0.4 is 15.2 Å². The molecule has 2 N–H and O–H groups in total. The lowest BCUT2D eigenvalue weighted by atomic mass is 10.7. The van der Waals surface area contributed by atoms with Crippen LogP contribution in [0.15, 0.2) is 0 Å². The molecule has 0 aromatic carbocycles. The van der Waals surface area contributed by atoms with Gasteiger partial charge in [-0.25, -0.2) is 0 Å². The van der Waals surface area contributed by atoms with Gasteiger partial charge in [0.05, 0.1) is 0 Å². The van der Waals surface area contributed by atoms with Gasteiger partial charge in [0.15, 0.2) is 13.2 Å². The molecule has 6 nitrogen and oxygen atoms in total. The van der Waals surface area contributed by atoms with Gasteiger partial charge in [0.2, 0.25) is 5.95 Å². The Balaban J connectivity index is 2.77. The molecule has 6 heteroatoms. The molecule has 0 amide bonds. The van der Waals surface area contributed by atoms with Crippen molar-refractivity contribution in [2.75, 3.05) is 18.9 Å². The maximum absolute atomic E-state index is 5.38. The van der Waals surface area contributed by atoms with Crippen molar-refractivity contribution < 1.29 is 9.47 Å². The second kappa shape index (κ2) is 5.30. The van der Waals surface area contributed by atoms with E-state index in [1.54, 1.807) is 0 Å². The van der Waals surface area contributed by atoms with E-state index in [2.05, 4.69) is 26.8 Å². The third kappa shape index (κ3) is 3.41. The van der Waals surface area contributed by atoms with E-state index in [9.17, 15) is 0 Å². The highest BCUT2D eigenvalue weighted by Crippen LogP contribution is 2.10. The molecule has 0 spiro atoms. The van der Waals surface area contributed by atoms with E-state index in [-0.39, 0.29) is 31.2 Å². The number of hydrogen-bond acceptors (Lipinski definition) is 6. The number of nitrogens with zero attached hydrogens (tertiary/aromatic N) is 3. The Morgan fingerprint density at radius 3 is 1.87 bits per heavy atom. The molecule has 0 saturated carbocycles. The van der Waals surface area contributed by atoms with Crippen LogP contribution in [-0.4, -0.2) is 28.2 Å². The summed E-state index contributed by atoms with van der Waals surface area (Å²) in [5.41, 5.74) is 5.38. The summed E-state index contributed by atoms with van der Waals surface area (Å²) in [6.07, 6.45) is 9.99. The Bertz CT molecular complexity index is 383. The van der Waals surface area contributed by atoms with Crippen molar-refractivity contribution in [3.05, 3.63) is 0 Å². The summed E-state index contributed by atoms with van der Waals surface area (Å²) < 4.78 is 9.89. The molecule has 0 bridgehead atoms. The Labute approximate surface area is 86.8 Å². The van der Waals surface area contributed by atoms with Crippen LogP contribution in [0.1, 0.15) is 0 Å². The van der Waals surface area contributed by atoms with Gasteiger partial charge in [-0.05, 0) is 0 Å². The largest absolute Gasteiger partial charge is 0.450 e. The van der Waals surface area contributed by atoms with Crippen LogP contribution >= 0.6 is 0 Å². The molecule has 1 aromatic heterocycles. The maximum atomic E-state index is 5.38. The standard InChI is InChI=1S/C9H8N4O2/c1-3-5-14-8-11-7(10)12-9(13-8)15-6-4-2/h1-2H,5-6H2,(H2,10,11,12,13). The molecule has 0 radical (unpaired) electrons. The summed E-state index contributed by atoms with van der Waals surface area (Å²) >= 11 is 0. The van der Waals surface area contributed by atoms with E-state index >= 15 is 0 Å². The van der Waals surface area contributed by atoms with Crippen molar-refractivity contribution >= 4 is 5.95 Å². The summed E-state index contributed by atoms with van der Waals surface area (Å²) in [6, 6.07) is 0.0138. The molecular weight excluding hydrogens is 196 g/mol. The lowest BCUT2D eigenvalue weighted by molar-refractivity contribution is 0.305. The summed E-state index contributed by atoms with van der Waals surface area (Å²) in [6.45, 7) is 0.0794. The first-order valence-electron chi connectivity index (χ1n) is 3.90. The number of nitrogen functional groups attached to an aromatic ring is 1. The zero-order valence-corrected chi connectivity index (χ0v) is 7.80. The predicted octanol–water partition coefficient (Wildman–Crippen LogP) is -0.522. The average molecular weight is 204 g/mol. The lowest BCUT2D eigenvalue weighted by Gasteiger charge is -2.03. The van der Waals surface area contributed by atoms with Crippen LogP contribution in [-0.2, 0) is 0 Å². The van der Waals surface area contributed by atoms with Crippen LogP contribution in [0.5, 0.6) is 12.0 Å². The number of anilines is 1. The van der Waals surface area contributed by atoms with Crippen LogP contribution in [0.4, 0.5) is 5.95 Å². The number of nitrogens with two attached hydrogens (primary N) is 1. The topological polar surface area (TPSA) is 83.2 Å². The van der Waals surface area contributed by atoms with Gasteiger partial charge in [-0.3, -0.25) is 0 Å². The van der Waals surface area contributed by atoms with E-state index in [1.165, 1.54) is 0 Å². The fourth-order valence-corrected chi connectivity index (χ4v) is 0.694. The van der Waals surface area contributed by atoms with Gasteiger partial charge >= 0.3 is 12.0 Å². The fourth-order valence-electron chi connectivity index (χ4n) is 0.694. The molecule has 0 aliphatic rings. The monoisotopic (exact) mass is 204 g/mol. The molecule has 1 rings (SSSR count). The smallest absolute Gasteiger partial charge is 0.325 e. The summed E-state index contributed by atoms with van der Waals surface area (Å²) in [4.78, 5) is 11.1. The van der Waals surface area contributed by atoms with Crippen LogP contribution in [0, 0.1) is 24.7 Å². The predicted molar refractivity (Wildman–Crippen MR) is 52.9 cm³/mol. The third-order valence-corrected chi connectivity index (χ3v) is 1.18. The van der Waals surface area contributed by atoms with E-state index in [0.29, 0.717) is 0 Å². The quantitative estimate of drug-likeness (QED) is 0.664. The van der Waals surface area contributed by atoms with Crippen molar-refractivity contribution in [1.82, 2.24) is 15.0 Å².